The topological polar surface area (TPSA) is 112 Å². The lowest BCUT2D eigenvalue weighted by Crippen LogP contribution is -2.34. The van der Waals surface area contributed by atoms with Gasteiger partial charge in [-0.1, -0.05) is 66.7 Å². The van der Waals surface area contributed by atoms with Crippen LogP contribution in [0.3, 0.4) is 0 Å². The molecule has 4 aromatic rings. The van der Waals surface area contributed by atoms with E-state index in [-0.39, 0.29) is 18.9 Å². The van der Waals surface area contributed by atoms with Gasteiger partial charge in [-0.25, -0.2) is 5.48 Å². The number of unbranched alkanes of at least 4 members (excludes halogenated alkanes) is 2. The number of pyridine rings is 1. The molecule has 3 N–H and O–H groups in total. The van der Waals surface area contributed by atoms with Gasteiger partial charge in [0.05, 0.1) is 6.61 Å². The minimum Gasteiger partial charge on any atom is -0.493 e. The van der Waals surface area contributed by atoms with E-state index in [0.717, 1.165) is 23.1 Å². The predicted octanol–water partition coefficient (Wildman–Crippen LogP) is 5.53. The average molecular weight is 540 g/mol. The highest BCUT2D eigenvalue weighted by molar-refractivity contribution is 5.95. The van der Waals surface area contributed by atoms with Gasteiger partial charge < -0.3 is 14.7 Å². The van der Waals surface area contributed by atoms with Crippen LogP contribution in [-0.2, 0) is 11.3 Å². The number of hydrogen-bond acceptors (Lipinski definition) is 6. The summed E-state index contributed by atoms with van der Waals surface area (Å²) in [6.45, 7) is 0.583. The van der Waals surface area contributed by atoms with Crippen molar-refractivity contribution in [3.63, 3.8) is 0 Å². The number of hydrogen-bond donors (Lipinski definition) is 3. The van der Waals surface area contributed by atoms with E-state index in [0.29, 0.717) is 36.3 Å². The van der Waals surface area contributed by atoms with E-state index in [1.54, 1.807) is 48.2 Å². The van der Waals surface area contributed by atoms with E-state index in [1.807, 2.05) is 60.7 Å². The first kappa shape index (κ1) is 28.5. The Hall–Kier alpha value is -4.53. The molecule has 0 saturated heterocycles. The van der Waals surface area contributed by atoms with Gasteiger partial charge in [0.25, 0.3) is 5.91 Å². The van der Waals surface area contributed by atoms with Crippen LogP contribution in [-0.4, -0.2) is 38.6 Å². The van der Waals surface area contributed by atoms with Gasteiger partial charge in [-0.3, -0.25) is 19.8 Å². The summed E-state index contributed by atoms with van der Waals surface area (Å²) in [5.41, 5.74) is 5.34. The van der Waals surface area contributed by atoms with Crippen LogP contribution in [0.5, 0.6) is 5.75 Å². The molecule has 0 aliphatic heterocycles. The van der Waals surface area contributed by atoms with Crippen LogP contribution in [0.2, 0.25) is 0 Å². The fourth-order valence-corrected chi connectivity index (χ4v) is 4.35. The molecule has 1 unspecified atom stereocenters. The summed E-state index contributed by atoms with van der Waals surface area (Å²) in [4.78, 5) is 30.6. The number of nitrogens with zero attached hydrogens (tertiary/aromatic N) is 2. The summed E-state index contributed by atoms with van der Waals surface area (Å²) < 4.78 is 5.99. The smallest absolute Gasteiger partial charge is 0.256 e. The van der Waals surface area contributed by atoms with E-state index in [1.165, 1.54) is 4.90 Å². The summed E-state index contributed by atoms with van der Waals surface area (Å²) in [5.74, 6) is -0.240. The lowest BCUT2D eigenvalue weighted by Gasteiger charge is -2.30. The first-order valence-electron chi connectivity index (χ1n) is 13.2. The number of hydroxylamine groups is 1. The number of amides is 2. The number of benzene rings is 3. The summed E-state index contributed by atoms with van der Waals surface area (Å²) >= 11 is 0. The second kappa shape index (κ2) is 14.6. The molecule has 0 radical (unpaired) electrons. The van der Waals surface area contributed by atoms with Gasteiger partial charge in [0.15, 0.2) is 6.23 Å². The van der Waals surface area contributed by atoms with Crippen molar-refractivity contribution in [3.8, 4) is 16.9 Å². The lowest BCUT2D eigenvalue weighted by molar-refractivity contribution is -0.129. The van der Waals surface area contributed by atoms with E-state index in [2.05, 4.69) is 4.98 Å². The summed E-state index contributed by atoms with van der Waals surface area (Å²) in [5, 5.41) is 20.2. The van der Waals surface area contributed by atoms with Crippen molar-refractivity contribution in [2.75, 3.05) is 6.61 Å². The maximum Gasteiger partial charge on any atom is 0.256 e. The van der Waals surface area contributed by atoms with E-state index < -0.39 is 12.1 Å². The number of carbonyl (C=O) groups is 2. The van der Waals surface area contributed by atoms with E-state index >= 15 is 0 Å². The normalized spacial score (nSPS) is 11.4. The quantitative estimate of drug-likeness (QED) is 0.0892. The molecule has 8 heteroatoms. The van der Waals surface area contributed by atoms with Crippen LogP contribution in [0.15, 0.2) is 103 Å². The van der Waals surface area contributed by atoms with Crippen LogP contribution in [0.25, 0.3) is 11.1 Å². The summed E-state index contributed by atoms with van der Waals surface area (Å²) in [7, 11) is 0. The van der Waals surface area contributed by atoms with E-state index in [9.17, 15) is 14.7 Å². The van der Waals surface area contributed by atoms with Crippen LogP contribution >= 0.6 is 0 Å². The predicted molar refractivity (Wildman–Crippen MR) is 151 cm³/mol. The van der Waals surface area contributed by atoms with Crippen molar-refractivity contribution in [2.45, 2.75) is 38.5 Å². The zero-order chi connectivity index (χ0) is 28.2. The minimum atomic E-state index is -1.25. The van der Waals surface area contributed by atoms with Crippen molar-refractivity contribution < 1.29 is 24.6 Å². The second-order valence-corrected chi connectivity index (χ2v) is 9.34. The highest BCUT2D eigenvalue weighted by Gasteiger charge is 2.27. The van der Waals surface area contributed by atoms with Gasteiger partial charge in [0, 0.05) is 36.5 Å². The third-order valence-corrected chi connectivity index (χ3v) is 6.51. The molecule has 1 heterocycles. The van der Waals surface area contributed by atoms with Gasteiger partial charge >= 0.3 is 0 Å². The van der Waals surface area contributed by atoms with Gasteiger partial charge in [-0.2, -0.15) is 0 Å². The van der Waals surface area contributed by atoms with Crippen molar-refractivity contribution in [3.05, 3.63) is 120 Å². The number of nitrogens with one attached hydrogen (secondary N) is 1. The standard InChI is InChI=1S/C32H33N3O5/c36-30(34-39)15-5-2-8-21-40-29-14-7-6-13-28(29)32(38)35(23-24-10-3-1-4-11-24)31(37)26-18-16-25(17-19-26)27-12-9-20-33-22-27/h1,3-4,6-7,9-14,16-20,22,32,38-39H,2,5,8,15,21,23H2,(H,34,36). The number of ether oxygens (including phenoxy) is 1. The molecular formula is C32H33N3O5. The highest BCUT2D eigenvalue weighted by atomic mass is 16.5. The number of aromatic nitrogens is 1. The Bertz CT molecular complexity index is 1360. The molecule has 0 aliphatic carbocycles. The Morgan fingerprint density at radius 2 is 1.60 bits per heavy atom. The number of aliphatic hydroxyl groups is 1. The highest BCUT2D eigenvalue weighted by Crippen LogP contribution is 2.31. The van der Waals surface area contributed by atoms with Gasteiger partial charge in [0.2, 0.25) is 5.91 Å². The number of rotatable bonds is 13. The maximum atomic E-state index is 13.8. The second-order valence-electron chi connectivity index (χ2n) is 9.34. The summed E-state index contributed by atoms with van der Waals surface area (Å²) in [6, 6.07) is 27.8. The van der Waals surface area contributed by atoms with Crippen LogP contribution < -0.4 is 10.2 Å². The lowest BCUT2D eigenvalue weighted by atomic mass is 10.0. The molecule has 1 atom stereocenters. The fourth-order valence-electron chi connectivity index (χ4n) is 4.35. The molecule has 3 aromatic carbocycles. The van der Waals surface area contributed by atoms with Gasteiger partial charge in [-0.15, -0.1) is 0 Å². The van der Waals surface area contributed by atoms with Gasteiger partial charge in [0.1, 0.15) is 5.75 Å². The number of aliphatic hydroxyl groups excluding tert-OH is 1. The molecule has 1 aromatic heterocycles. The molecule has 8 nitrogen and oxygen atoms in total. The molecule has 0 bridgehead atoms. The third-order valence-electron chi connectivity index (χ3n) is 6.51. The Labute approximate surface area is 233 Å². The molecule has 0 saturated carbocycles. The van der Waals surface area contributed by atoms with E-state index in [4.69, 9.17) is 9.94 Å². The number of carbonyl (C=O) groups excluding carboxylic acids is 2. The fraction of sp³-hybridized carbons (Fsp3) is 0.219. The Morgan fingerprint density at radius 3 is 2.33 bits per heavy atom. The van der Waals surface area contributed by atoms with Crippen molar-refractivity contribution in [1.82, 2.24) is 15.4 Å². The van der Waals surface area contributed by atoms with Crippen LogP contribution in [0.4, 0.5) is 0 Å². The molecule has 0 aliphatic rings. The third kappa shape index (κ3) is 7.75. The Morgan fingerprint density at radius 1 is 0.850 bits per heavy atom. The molecular weight excluding hydrogens is 506 g/mol. The molecule has 4 rings (SSSR count). The first-order valence-corrected chi connectivity index (χ1v) is 13.2. The monoisotopic (exact) mass is 539 g/mol. The summed E-state index contributed by atoms with van der Waals surface area (Å²) in [6.07, 6.45) is 4.53. The molecule has 206 valence electrons. The number of para-hydroxylation sites is 1. The molecule has 0 spiro atoms. The maximum absolute atomic E-state index is 13.8. The van der Waals surface area contributed by atoms with Crippen molar-refractivity contribution in [1.29, 1.82) is 0 Å². The Kier molecular flexibility index (Phi) is 10.4. The molecule has 0 fully saturated rings. The van der Waals surface area contributed by atoms with Crippen LogP contribution in [0, 0.1) is 0 Å². The van der Waals surface area contributed by atoms with Crippen molar-refractivity contribution >= 4 is 11.8 Å². The molecule has 2 amide bonds. The van der Waals surface area contributed by atoms with Crippen LogP contribution in [0.1, 0.15) is 53.4 Å². The first-order chi connectivity index (χ1) is 19.6. The zero-order valence-electron chi connectivity index (χ0n) is 22.1. The average Bonchev–Trinajstić information content (AvgIpc) is 3.02. The largest absolute Gasteiger partial charge is 0.493 e. The minimum absolute atomic E-state index is 0.201. The Balaban J connectivity index is 1.51. The van der Waals surface area contributed by atoms with Gasteiger partial charge in [-0.05, 0) is 60.2 Å². The SMILES string of the molecule is O=C(CCCCCOc1ccccc1C(O)N(Cc1ccccc1)C(=O)c1ccc(-c2cccnc2)cc1)NO. The van der Waals surface area contributed by atoms with Crippen molar-refractivity contribution in [2.24, 2.45) is 0 Å². The molecule has 40 heavy (non-hydrogen) atoms. The zero-order valence-corrected chi connectivity index (χ0v) is 22.1.